The van der Waals surface area contributed by atoms with Crippen LogP contribution in [0.15, 0.2) is 54.6 Å². The molecule has 2 aromatic rings. The van der Waals surface area contributed by atoms with Gasteiger partial charge >= 0.3 is 11.9 Å². The van der Waals surface area contributed by atoms with E-state index in [1.165, 1.54) is 18.2 Å². The number of carbonyl (C=O) groups excluding carboxylic acids is 2. The summed E-state index contributed by atoms with van der Waals surface area (Å²) in [6.07, 6.45) is 0.442. The Balaban J connectivity index is 2.33. The lowest BCUT2D eigenvalue weighted by Crippen LogP contribution is -2.39. The monoisotopic (exact) mass is 342 g/mol. The lowest BCUT2D eigenvalue weighted by atomic mass is 10.1. The molecule has 0 spiro atoms. The van der Waals surface area contributed by atoms with E-state index in [-0.39, 0.29) is 24.5 Å². The predicted octanol–water partition coefficient (Wildman–Crippen LogP) is 2.73. The minimum absolute atomic E-state index is 0.0496. The topological polar surface area (TPSA) is 89.8 Å². The summed E-state index contributed by atoms with van der Waals surface area (Å²) in [5.41, 5.74) is 0.775. The van der Waals surface area contributed by atoms with Gasteiger partial charge in [0.25, 0.3) is 5.69 Å². The Labute approximate surface area is 145 Å². The first-order valence-corrected chi connectivity index (χ1v) is 7.80. The molecule has 2 aromatic carbocycles. The van der Waals surface area contributed by atoms with Gasteiger partial charge in [-0.05, 0) is 25.0 Å². The molecule has 25 heavy (non-hydrogen) atoms. The van der Waals surface area contributed by atoms with Gasteiger partial charge in [-0.2, -0.15) is 0 Å². The van der Waals surface area contributed by atoms with Crippen molar-refractivity contribution in [2.24, 2.45) is 0 Å². The van der Waals surface area contributed by atoms with E-state index in [2.05, 4.69) is 0 Å². The van der Waals surface area contributed by atoms with Crippen molar-refractivity contribution in [1.82, 2.24) is 0 Å². The van der Waals surface area contributed by atoms with E-state index in [9.17, 15) is 19.7 Å². The molecule has 0 atom stereocenters. The third kappa shape index (κ3) is 4.63. The summed E-state index contributed by atoms with van der Waals surface area (Å²) in [6, 6.07) is 15.2. The fourth-order valence-electron chi connectivity index (χ4n) is 2.37. The van der Waals surface area contributed by atoms with Crippen LogP contribution in [0.4, 0.5) is 11.4 Å². The standard InChI is InChI=1S/C18H18N2O5/c1-2-25-18(22)17(21)19(13-12-14-8-4-3-5-9-14)15-10-6-7-11-16(15)20(23)24/h3-11H,2,12-13H2,1H3. The van der Waals surface area contributed by atoms with Crippen LogP contribution in [0.25, 0.3) is 0 Å². The number of nitrogens with zero attached hydrogens (tertiary/aromatic N) is 2. The van der Waals surface area contributed by atoms with Gasteiger partial charge in [-0.3, -0.25) is 19.8 Å². The molecule has 2 rings (SSSR count). The number of esters is 1. The molecule has 0 heterocycles. The van der Waals surface area contributed by atoms with Crippen LogP contribution in [0.2, 0.25) is 0 Å². The van der Waals surface area contributed by atoms with Crippen molar-refractivity contribution in [3.63, 3.8) is 0 Å². The van der Waals surface area contributed by atoms with Gasteiger partial charge in [0.05, 0.1) is 11.5 Å². The molecule has 1 amide bonds. The first-order valence-electron chi connectivity index (χ1n) is 7.80. The zero-order chi connectivity index (χ0) is 18.2. The summed E-state index contributed by atoms with van der Waals surface area (Å²) in [5, 5.41) is 11.3. The van der Waals surface area contributed by atoms with E-state index < -0.39 is 16.8 Å². The van der Waals surface area contributed by atoms with E-state index in [0.29, 0.717) is 6.42 Å². The van der Waals surface area contributed by atoms with Crippen molar-refractivity contribution < 1.29 is 19.2 Å². The van der Waals surface area contributed by atoms with Crippen LogP contribution >= 0.6 is 0 Å². The number of hydrogen-bond acceptors (Lipinski definition) is 5. The fourth-order valence-corrected chi connectivity index (χ4v) is 2.37. The molecule has 0 aromatic heterocycles. The molecular formula is C18H18N2O5. The molecular weight excluding hydrogens is 324 g/mol. The van der Waals surface area contributed by atoms with E-state index >= 15 is 0 Å². The molecule has 0 radical (unpaired) electrons. The summed E-state index contributed by atoms with van der Waals surface area (Å²) in [6.45, 7) is 1.75. The lowest BCUT2D eigenvalue weighted by molar-refractivity contribution is -0.384. The second-order valence-electron chi connectivity index (χ2n) is 5.16. The minimum Gasteiger partial charge on any atom is -0.459 e. The number of benzene rings is 2. The highest BCUT2D eigenvalue weighted by Crippen LogP contribution is 2.28. The highest BCUT2D eigenvalue weighted by atomic mass is 16.6. The van der Waals surface area contributed by atoms with Crippen molar-refractivity contribution in [2.75, 3.05) is 18.1 Å². The molecule has 7 heteroatoms. The van der Waals surface area contributed by atoms with Gasteiger partial charge in [-0.25, -0.2) is 4.79 Å². The molecule has 0 saturated carbocycles. The summed E-state index contributed by atoms with van der Waals surface area (Å²) in [5.74, 6) is -1.96. The number of nitro benzene ring substituents is 1. The van der Waals surface area contributed by atoms with Crippen LogP contribution in [0.5, 0.6) is 0 Å². The zero-order valence-corrected chi connectivity index (χ0v) is 13.8. The molecule has 0 aliphatic heterocycles. The van der Waals surface area contributed by atoms with Gasteiger partial charge in [0.1, 0.15) is 5.69 Å². The number of carbonyl (C=O) groups is 2. The summed E-state index contributed by atoms with van der Waals surface area (Å²) in [7, 11) is 0. The Morgan fingerprint density at radius 2 is 1.72 bits per heavy atom. The zero-order valence-electron chi connectivity index (χ0n) is 13.8. The van der Waals surface area contributed by atoms with Crippen LogP contribution in [0.1, 0.15) is 12.5 Å². The first-order chi connectivity index (χ1) is 12.0. The van der Waals surface area contributed by atoms with Crippen molar-refractivity contribution in [1.29, 1.82) is 0 Å². The third-order valence-corrected chi connectivity index (χ3v) is 3.53. The van der Waals surface area contributed by atoms with Gasteiger partial charge in [0, 0.05) is 12.6 Å². The number of rotatable bonds is 6. The number of anilines is 1. The highest BCUT2D eigenvalue weighted by molar-refractivity contribution is 6.38. The van der Waals surface area contributed by atoms with E-state index in [4.69, 9.17) is 4.74 Å². The van der Waals surface area contributed by atoms with Crippen molar-refractivity contribution >= 4 is 23.3 Å². The molecule has 0 fully saturated rings. The summed E-state index contributed by atoms with van der Waals surface area (Å²) >= 11 is 0. The van der Waals surface area contributed by atoms with Crippen LogP contribution in [-0.2, 0) is 20.7 Å². The Hall–Kier alpha value is -3.22. The molecule has 0 N–H and O–H groups in total. The van der Waals surface area contributed by atoms with E-state index in [1.54, 1.807) is 13.0 Å². The van der Waals surface area contributed by atoms with E-state index in [0.717, 1.165) is 10.5 Å². The Kier molecular flexibility index (Phi) is 6.22. The molecule has 0 bridgehead atoms. The number of amides is 1. The van der Waals surface area contributed by atoms with Crippen LogP contribution in [0, 0.1) is 10.1 Å². The Morgan fingerprint density at radius 3 is 2.36 bits per heavy atom. The normalized spacial score (nSPS) is 10.1. The van der Waals surface area contributed by atoms with Gasteiger partial charge in [0.15, 0.2) is 0 Å². The SMILES string of the molecule is CCOC(=O)C(=O)N(CCc1ccccc1)c1ccccc1[N+](=O)[O-]. The van der Waals surface area contributed by atoms with Gasteiger partial charge in [-0.1, -0.05) is 42.5 Å². The smallest absolute Gasteiger partial charge is 0.397 e. The maximum atomic E-state index is 12.5. The minimum atomic E-state index is -1.03. The van der Waals surface area contributed by atoms with Gasteiger partial charge in [-0.15, -0.1) is 0 Å². The molecule has 7 nitrogen and oxygen atoms in total. The second kappa shape index (κ2) is 8.58. The maximum absolute atomic E-state index is 12.5. The van der Waals surface area contributed by atoms with Crippen molar-refractivity contribution in [3.05, 3.63) is 70.3 Å². The van der Waals surface area contributed by atoms with Gasteiger partial charge < -0.3 is 4.74 Å². The maximum Gasteiger partial charge on any atom is 0.397 e. The number of ether oxygens (including phenoxy) is 1. The predicted molar refractivity (Wildman–Crippen MR) is 92.2 cm³/mol. The Bertz CT molecular complexity index is 761. The quantitative estimate of drug-likeness (QED) is 0.348. The fraction of sp³-hybridized carbons (Fsp3) is 0.222. The van der Waals surface area contributed by atoms with Crippen molar-refractivity contribution in [2.45, 2.75) is 13.3 Å². The third-order valence-electron chi connectivity index (χ3n) is 3.53. The molecule has 0 unspecified atom stereocenters. The largest absolute Gasteiger partial charge is 0.459 e. The number of hydrogen-bond donors (Lipinski definition) is 0. The molecule has 130 valence electrons. The summed E-state index contributed by atoms with van der Waals surface area (Å²) < 4.78 is 4.76. The second-order valence-corrected chi connectivity index (χ2v) is 5.16. The molecule has 0 aliphatic rings. The average molecular weight is 342 g/mol. The van der Waals surface area contributed by atoms with E-state index in [1.807, 2.05) is 30.3 Å². The van der Waals surface area contributed by atoms with Crippen LogP contribution < -0.4 is 4.90 Å². The molecule has 0 saturated heterocycles. The number of para-hydroxylation sites is 2. The lowest BCUT2D eigenvalue weighted by Gasteiger charge is -2.21. The first kappa shape index (κ1) is 18.1. The van der Waals surface area contributed by atoms with Crippen molar-refractivity contribution in [3.8, 4) is 0 Å². The highest BCUT2D eigenvalue weighted by Gasteiger charge is 2.29. The van der Waals surface area contributed by atoms with Crippen LogP contribution in [-0.4, -0.2) is 30.0 Å². The van der Waals surface area contributed by atoms with Crippen LogP contribution in [0.3, 0.4) is 0 Å². The van der Waals surface area contributed by atoms with Gasteiger partial charge in [0.2, 0.25) is 0 Å². The Morgan fingerprint density at radius 1 is 1.08 bits per heavy atom. The number of nitro groups is 1. The average Bonchev–Trinajstić information content (AvgIpc) is 2.63. The summed E-state index contributed by atoms with van der Waals surface area (Å²) in [4.78, 5) is 36.1. The molecule has 0 aliphatic carbocycles.